The van der Waals surface area contributed by atoms with Crippen LogP contribution in [0.2, 0.25) is 0 Å². The van der Waals surface area contributed by atoms with Gasteiger partial charge in [0.1, 0.15) is 5.82 Å². The van der Waals surface area contributed by atoms with E-state index in [0.717, 1.165) is 38.4 Å². The summed E-state index contributed by atoms with van der Waals surface area (Å²) in [7, 11) is 0. The molecule has 27 heavy (non-hydrogen) atoms. The highest BCUT2D eigenvalue weighted by Gasteiger charge is 2.21. The van der Waals surface area contributed by atoms with Crippen LogP contribution in [0.15, 0.2) is 42.0 Å². The predicted octanol–water partition coefficient (Wildman–Crippen LogP) is 5.16. The van der Waals surface area contributed by atoms with Gasteiger partial charge in [0.15, 0.2) is 0 Å². The maximum Gasteiger partial charge on any atom is 0.147 e. The zero-order chi connectivity index (χ0) is 19.3. The molecule has 0 aromatic heterocycles. The van der Waals surface area contributed by atoms with E-state index in [1.807, 2.05) is 0 Å². The van der Waals surface area contributed by atoms with Crippen molar-refractivity contribution in [1.29, 1.82) is 0 Å². The molecule has 0 amide bonds. The fourth-order valence-electron chi connectivity index (χ4n) is 3.75. The summed E-state index contributed by atoms with van der Waals surface area (Å²) in [5, 5.41) is 0. The van der Waals surface area contributed by atoms with Crippen LogP contribution < -0.4 is 5.73 Å². The van der Waals surface area contributed by atoms with Gasteiger partial charge in [-0.1, -0.05) is 49.5 Å². The molecule has 0 atom stereocenters. The van der Waals surface area contributed by atoms with Crippen molar-refractivity contribution in [2.75, 3.05) is 25.4 Å². The third-order valence-corrected chi connectivity index (χ3v) is 5.66. The van der Waals surface area contributed by atoms with E-state index in [0.29, 0.717) is 11.0 Å². The summed E-state index contributed by atoms with van der Waals surface area (Å²) in [5.74, 6) is 6.61. The van der Waals surface area contributed by atoms with E-state index in [4.69, 9.17) is 5.73 Å². The van der Waals surface area contributed by atoms with Gasteiger partial charge in [-0.05, 0) is 68.3 Å². The molecule has 1 aromatic rings. The summed E-state index contributed by atoms with van der Waals surface area (Å²) in [4.78, 5) is 2.50. The number of nitrogen functional groups attached to an aromatic ring is 1. The quantitative estimate of drug-likeness (QED) is 0.589. The lowest BCUT2D eigenvalue weighted by Crippen LogP contribution is -2.34. The third kappa shape index (κ3) is 5.97. The number of anilines is 1. The van der Waals surface area contributed by atoms with Gasteiger partial charge in [0.2, 0.25) is 0 Å². The lowest BCUT2D eigenvalue weighted by molar-refractivity contribution is 0.188. The molecule has 1 aromatic carbocycles. The molecule has 2 aliphatic rings. The van der Waals surface area contributed by atoms with E-state index in [-0.39, 0.29) is 5.69 Å². The lowest BCUT2D eigenvalue weighted by Gasteiger charge is -2.32. The Morgan fingerprint density at radius 2 is 2.04 bits per heavy atom. The maximum atomic E-state index is 13.4. The molecular formula is C24H31FN2. The Hall–Kier alpha value is -2.05. The molecule has 1 fully saturated rings. The fourth-order valence-corrected chi connectivity index (χ4v) is 3.75. The molecule has 3 rings (SSSR count). The summed E-state index contributed by atoms with van der Waals surface area (Å²) in [6.45, 7) is 7.90. The van der Waals surface area contributed by atoms with Crippen LogP contribution >= 0.6 is 0 Å². The van der Waals surface area contributed by atoms with Crippen LogP contribution in [0, 0.1) is 29.0 Å². The van der Waals surface area contributed by atoms with Gasteiger partial charge in [0.05, 0.1) is 5.69 Å². The van der Waals surface area contributed by atoms with Crippen molar-refractivity contribution in [3.63, 3.8) is 0 Å². The van der Waals surface area contributed by atoms with Gasteiger partial charge in [-0.25, -0.2) is 4.39 Å². The molecule has 1 aliphatic carbocycles. The normalized spacial score (nSPS) is 20.0. The maximum absolute atomic E-state index is 13.4. The average Bonchev–Trinajstić information content (AvgIpc) is 2.65. The van der Waals surface area contributed by atoms with Gasteiger partial charge in [0.25, 0.3) is 0 Å². The van der Waals surface area contributed by atoms with E-state index >= 15 is 0 Å². The minimum atomic E-state index is -0.393. The largest absolute Gasteiger partial charge is 0.396 e. The van der Waals surface area contributed by atoms with Crippen LogP contribution in [-0.2, 0) is 0 Å². The molecule has 144 valence electrons. The minimum Gasteiger partial charge on any atom is -0.396 e. The Morgan fingerprint density at radius 1 is 1.26 bits per heavy atom. The van der Waals surface area contributed by atoms with E-state index in [9.17, 15) is 4.39 Å². The number of halogens is 1. The molecule has 0 saturated carbocycles. The lowest BCUT2D eigenvalue weighted by atomic mass is 9.81. The van der Waals surface area contributed by atoms with Crippen molar-refractivity contribution in [3.8, 4) is 11.8 Å². The summed E-state index contributed by atoms with van der Waals surface area (Å²) in [6.07, 6.45) is 12.9. The van der Waals surface area contributed by atoms with E-state index in [2.05, 4.69) is 48.8 Å². The van der Waals surface area contributed by atoms with Crippen molar-refractivity contribution >= 4 is 5.69 Å². The van der Waals surface area contributed by atoms with Crippen molar-refractivity contribution in [2.45, 2.75) is 46.0 Å². The highest BCUT2D eigenvalue weighted by molar-refractivity contribution is 5.46. The number of piperidine rings is 1. The SMILES string of the molecule is CC1(C)C=CC(CC2CCN(CCC#Cc3ccc(N)c(F)c3)CC2)=CC1. The summed E-state index contributed by atoms with van der Waals surface area (Å²) in [6, 6.07) is 4.75. The molecule has 2 nitrogen and oxygen atoms in total. The Labute approximate surface area is 163 Å². The van der Waals surface area contributed by atoms with Crippen LogP contribution in [0.1, 0.15) is 51.5 Å². The highest BCUT2D eigenvalue weighted by atomic mass is 19.1. The number of hydrogen-bond donors (Lipinski definition) is 1. The Morgan fingerprint density at radius 3 is 2.70 bits per heavy atom. The van der Waals surface area contributed by atoms with Gasteiger partial charge in [-0.3, -0.25) is 0 Å². The van der Waals surface area contributed by atoms with Crippen molar-refractivity contribution in [2.24, 2.45) is 11.3 Å². The average molecular weight is 367 g/mol. The number of rotatable bonds is 4. The first-order valence-corrected chi connectivity index (χ1v) is 10.1. The van der Waals surface area contributed by atoms with Gasteiger partial charge in [-0.15, -0.1) is 0 Å². The Balaban J connectivity index is 1.38. The Kier molecular flexibility index (Phi) is 6.39. The number of nitrogens with two attached hydrogens (primary N) is 1. The first kappa shape index (κ1) is 19.7. The molecular weight excluding hydrogens is 335 g/mol. The van der Waals surface area contributed by atoms with Gasteiger partial charge in [-0.2, -0.15) is 0 Å². The Bertz CT molecular complexity index is 771. The van der Waals surface area contributed by atoms with Gasteiger partial charge in [0, 0.05) is 18.5 Å². The van der Waals surface area contributed by atoms with Gasteiger partial charge >= 0.3 is 0 Å². The van der Waals surface area contributed by atoms with E-state index in [1.54, 1.807) is 12.1 Å². The molecule has 0 bridgehead atoms. The summed E-state index contributed by atoms with van der Waals surface area (Å²) in [5.41, 5.74) is 8.20. The highest BCUT2D eigenvalue weighted by Crippen LogP contribution is 2.32. The molecule has 2 N–H and O–H groups in total. The molecule has 3 heteroatoms. The summed E-state index contributed by atoms with van der Waals surface area (Å²) < 4.78 is 13.4. The second kappa shape index (κ2) is 8.76. The second-order valence-electron chi connectivity index (χ2n) is 8.58. The second-order valence-corrected chi connectivity index (χ2v) is 8.58. The van der Waals surface area contributed by atoms with Crippen LogP contribution in [0.25, 0.3) is 0 Å². The fraction of sp³-hybridized carbons (Fsp3) is 0.500. The summed E-state index contributed by atoms with van der Waals surface area (Å²) >= 11 is 0. The minimum absolute atomic E-state index is 0.173. The zero-order valence-electron chi connectivity index (χ0n) is 16.6. The molecule has 0 unspecified atom stereocenters. The van der Waals surface area contributed by atoms with Gasteiger partial charge < -0.3 is 10.6 Å². The number of allylic oxidation sites excluding steroid dienone is 4. The molecule has 1 heterocycles. The molecule has 1 aliphatic heterocycles. The van der Waals surface area contributed by atoms with Crippen LogP contribution in [0.5, 0.6) is 0 Å². The number of nitrogens with zero attached hydrogens (tertiary/aromatic N) is 1. The van der Waals surface area contributed by atoms with Crippen molar-refractivity contribution in [3.05, 3.63) is 53.4 Å². The predicted molar refractivity (Wildman–Crippen MR) is 112 cm³/mol. The smallest absolute Gasteiger partial charge is 0.147 e. The van der Waals surface area contributed by atoms with Crippen molar-refractivity contribution in [1.82, 2.24) is 4.90 Å². The molecule has 0 spiro atoms. The van der Waals surface area contributed by atoms with Crippen molar-refractivity contribution < 1.29 is 4.39 Å². The topological polar surface area (TPSA) is 29.3 Å². The molecule has 0 radical (unpaired) electrons. The molecule has 1 saturated heterocycles. The third-order valence-electron chi connectivity index (χ3n) is 5.66. The van der Waals surface area contributed by atoms with Crippen LogP contribution in [0.4, 0.5) is 10.1 Å². The standard InChI is InChI=1S/C24H31FN2/c1-24(2)12-8-20(9-13-24)17-21-10-15-27(16-11-21)14-4-3-5-19-6-7-23(26)22(25)18-19/h6-9,12,18,21H,4,10-11,13-17,26H2,1-2H3. The first-order valence-electron chi connectivity index (χ1n) is 10.1. The monoisotopic (exact) mass is 366 g/mol. The zero-order valence-corrected chi connectivity index (χ0v) is 16.6. The van der Waals surface area contributed by atoms with E-state index in [1.165, 1.54) is 30.9 Å². The van der Waals surface area contributed by atoms with Crippen LogP contribution in [0.3, 0.4) is 0 Å². The number of benzene rings is 1. The van der Waals surface area contributed by atoms with E-state index < -0.39 is 5.82 Å². The number of likely N-dealkylation sites (tertiary alicyclic amines) is 1. The van der Waals surface area contributed by atoms with Crippen LogP contribution in [-0.4, -0.2) is 24.5 Å². The number of hydrogen-bond acceptors (Lipinski definition) is 2. The first-order chi connectivity index (χ1) is 12.9.